The van der Waals surface area contributed by atoms with Crippen LogP contribution >= 0.6 is 0 Å². The lowest BCUT2D eigenvalue weighted by Crippen LogP contribution is -2.38. The number of morpholine rings is 1. The first-order valence-electron chi connectivity index (χ1n) is 8.87. The van der Waals surface area contributed by atoms with Crippen LogP contribution in [0.15, 0.2) is 60.7 Å². The number of benzene rings is 2. The molecule has 1 fully saturated rings. The van der Waals surface area contributed by atoms with Gasteiger partial charge in [0.15, 0.2) is 5.82 Å². The van der Waals surface area contributed by atoms with Crippen molar-refractivity contribution in [2.24, 2.45) is 0 Å². The van der Waals surface area contributed by atoms with Gasteiger partial charge in [-0.15, -0.1) is 10.2 Å². The van der Waals surface area contributed by atoms with Crippen molar-refractivity contribution in [2.45, 2.75) is 0 Å². The second-order valence-electron chi connectivity index (χ2n) is 6.17. The van der Waals surface area contributed by atoms with E-state index in [-0.39, 0.29) is 0 Å². The first-order chi connectivity index (χ1) is 13.4. The zero-order valence-corrected chi connectivity index (χ0v) is 14.8. The molecule has 3 aromatic rings. The molecule has 0 unspecified atom stereocenters. The molecule has 0 spiro atoms. The Balaban J connectivity index is 1.84. The monoisotopic (exact) mass is 357 g/mol. The summed E-state index contributed by atoms with van der Waals surface area (Å²) < 4.78 is 7.41. The van der Waals surface area contributed by atoms with Gasteiger partial charge in [-0.3, -0.25) is 4.57 Å². The summed E-state index contributed by atoms with van der Waals surface area (Å²) in [6.45, 7) is 2.80. The highest BCUT2D eigenvalue weighted by Crippen LogP contribution is 2.26. The van der Waals surface area contributed by atoms with E-state index in [4.69, 9.17) is 4.74 Å². The molecule has 1 aromatic heterocycles. The Morgan fingerprint density at radius 2 is 1.63 bits per heavy atom. The Morgan fingerprint density at radius 1 is 0.963 bits per heavy atom. The Kier molecular flexibility index (Phi) is 4.95. The summed E-state index contributed by atoms with van der Waals surface area (Å²) in [4.78, 5) is 2.14. The summed E-state index contributed by atoms with van der Waals surface area (Å²) in [5, 5.41) is 18.6. The Morgan fingerprint density at radius 3 is 2.30 bits per heavy atom. The second kappa shape index (κ2) is 7.85. The van der Waals surface area contributed by atoms with E-state index in [0.29, 0.717) is 24.6 Å². The number of nitrogens with zero attached hydrogens (tertiary/aromatic N) is 5. The van der Waals surface area contributed by atoms with Gasteiger partial charge in [0.05, 0.1) is 24.5 Å². The van der Waals surface area contributed by atoms with E-state index in [1.54, 1.807) is 0 Å². The van der Waals surface area contributed by atoms with Crippen LogP contribution in [0.1, 0.15) is 11.4 Å². The van der Waals surface area contributed by atoms with Crippen LogP contribution in [0.4, 0.5) is 5.95 Å². The molecule has 0 aliphatic carbocycles. The fraction of sp³-hybridized carbons (Fsp3) is 0.190. The van der Waals surface area contributed by atoms with Crippen LogP contribution in [0.25, 0.3) is 17.3 Å². The Bertz CT molecular complexity index is 967. The Labute approximate surface area is 157 Å². The summed E-state index contributed by atoms with van der Waals surface area (Å²) >= 11 is 0. The SMILES string of the molecule is N#C/C(=C/c1ccccc1)c1nnc(N2CCOCC2)n1-c1ccccc1. The largest absolute Gasteiger partial charge is 0.378 e. The average Bonchev–Trinajstić information content (AvgIpc) is 3.19. The van der Waals surface area contributed by atoms with Gasteiger partial charge in [0.2, 0.25) is 5.95 Å². The highest BCUT2D eigenvalue weighted by molar-refractivity contribution is 5.88. The molecule has 1 aliphatic heterocycles. The van der Waals surface area contributed by atoms with Crippen LogP contribution in [0.2, 0.25) is 0 Å². The first-order valence-corrected chi connectivity index (χ1v) is 8.87. The van der Waals surface area contributed by atoms with Gasteiger partial charge in [0.25, 0.3) is 0 Å². The van der Waals surface area contributed by atoms with Crippen molar-refractivity contribution in [3.05, 3.63) is 72.1 Å². The maximum Gasteiger partial charge on any atom is 0.232 e. The number of hydrogen-bond donors (Lipinski definition) is 0. The maximum atomic E-state index is 9.80. The molecule has 4 rings (SSSR count). The molecule has 0 saturated carbocycles. The molecule has 0 atom stereocenters. The third-order valence-corrected chi connectivity index (χ3v) is 4.43. The van der Waals surface area contributed by atoms with Crippen LogP contribution in [-0.2, 0) is 4.74 Å². The molecule has 0 bridgehead atoms. The first kappa shape index (κ1) is 17.0. The number of allylic oxidation sites excluding steroid dienone is 1. The molecular weight excluding hydrogens is 338 g/mol. The molecule has 27 heavy (non-hydrogen) atoms. The van der Waals surface area contributed by atoms with Gasteiger partial charge in [-0.1, -0.05) is 48.5 Å². The smallest absolute Gasteiger partial charge is 0.232 e. The Hall–Kier alpha value is -3.43. The van der Waals surface area contributed by atoms with Gasteiger partial charge in [-0.05, 0) is 23.8 Å². The number of hydrogen-bond acceptors (Lipinski definition) is 5. The topological polar surface area (TPSA) is 67.0 Å². The van der Waals surface area contributed by atoms with Crippen molar-refractivity contribution in [3.8, 4) is 11.8 Å². The van der Waals surface area contributed by atoms with Crippen LogP contribution in [0.5, 0.6) is 0 Å². The molecule has 1 aliphatic rings. The van der Waals surface area contributed by atoms with E-state index in [1.165, 1.54) is 0 Å². The van der Waals surface area contributed by atoms with Crippen molar-refractivity contribution >= 4 is 17.6 Å². The highest BCUT2D eigenvalue weighted by atomic mass is 16.5. The number of nitriles is 1. The molecule has 0 radical (unpaired) electrons. The van der Waals surface area contributed by atoms with Gasteiger partial charge in [0, 0.05) is 13.1 Å². The van der Waals surface area contributed by atoms with Crippen molar-refractivity contribution in [1.82, 2.24) is 14.8 Å². The third kappa shape index (κ3) is 3.59. The second-order valence-corrected chi connectivity index (χ2v) is 6.17. The lowest BCUT2D eigenvalue weighted by Gasteiger charge is -2.28. The quantitative estimate of drug-likeness (QED) is 0.671. The van der Waals surface area contributed by atoms with E-state index in [0.717, 1.165) is 30.3 Å². The molecule has 2 aromatic carbocycles. The zero-order chi connectivity index (χ0) is 18.5. The van der Waals surface area contributed by atoms with Crippen molar-refractivity contribution in [2.75, 3.05) is 31.2 Å². The lowest BCUT2D eigenvalue weighted by atomic mass is 10.1. The van der Waals surface area contributed by atoms with Gasteiger partial charge >= 0.3 is 0 Å². The van der Waals surface area contributed by atoms with Gasteiger partial charge in [0.1, 0.15) is 6.07 Å². The molecule has 2 heterocycles. The van der Waals surface area contributed by atoms with Crippen molar-refractivity contribution in [3.63, 3.8) is 0 Å². The number of para-hydroxylation sites is 1. The molecule has 134 valence electrons. The fourth-order valence-corrected chi connectivity index (χ4v) is 3.10. The number of ether oxygens (including phenoxy) is 1. The normalized spacial score (nSPS) is 14.8. The van der Waals surface area contributed by atoms with E-state index in [1.807, 2.05) is 71.3 Å². The molecule has 1 saturated heterocycles. The van der Waals surface area contributed by atoms with E-state index < -0.39 is 0 Å². The van der Waals surface area contributed by atoms with Crippen molar-refractivity contribution < 1.29 is 4.74 Å². The van der Waals surface area contributed by atoms with Crippen LogP contribution < -0.4 is 4.90 Å². The molecule has 6 nitrogen and oxygen atoms in total. The number of anilines is 1. The van der Waals surface area contributed by atoms with Gasteiger partial charge in [-0.2, -0.15) is 5.26 Å². The van der Waals surface area contributed by atoms with E-state index in [9.17, 15) is 5.26 Å². The summed E-state index contributed by atoms with van der Waals surface area (Å²) in [5.74, 6) is 1.27. The lowest BCUT2D eigenvalue weighted by molar-refractivity contribution is 0.122. The predicted octanol–water partition coefficient (Wildman–Crippen LogP) is 3.17. The predicted molar refractivity (Wildman–Crippen MR) is 104 cm³/mol. The minimum Gasteiger partial charge on any atom is -0.378 e. The standard InChI is InChI=1S/C21H19N5O/c22-16-18(15-17-7-3-1-4-8-17)20-23-24-21(25-11-13-27-14-12-25)26(20)19-9-5-2-6-10-19/h1-10,15H,11-14H2/b18-15-. The molecule has 0 amide bonds. The summed E-state index contributed by atoms with van der Waals surface area (Å²) in [5.41, 5.74) is 2.34. The maximum absolute atomic E-state index is 9.80. The zero-order valence-electron chi connectivity index (χ0n) is 14.8. The third-order valence-electron chi connectivity index (χ3n) is 4.43. The van der Waals surface area contributed by atoms with Gasteiger partial charge in [-0.25, -0.2) is 0 Å². The number of aromatic nitrogens is 3. The van der Waals surface area contributed by atoms with Crippen molar-refractivity contribution in [1.29, 1.82) is 5.26 Å². The molecule has 6 heteroatoms. The van der Waals surface area contributed by atoms with Crippen LogP contribution in [0, 0.1) is 11.3 Å². The van der Waals surface area contributed by atoms with E-state index in [2.05, 4.69) is 21.2 Å². The average molecular weight is 357 g/mol. The minimum absolute atomic E-state index is 0.470. The fourth-order valence-electron chi connectivity index (χ4n) is 3.10. The van der Waals surface area contributed by atoms with Crippen LogP contribution in [0.3, 0.4) is 0 Å². The van der Waals surface area contributed by atoms with Crippen LogP contribution in [-0.4, -0.2) is 41.1 Å². The minimum atomic E-state index is 0.470. The highest BCUT2D eigenvalue weighted by Gasteiger charge is 2.23. The summed E-state index contributed by atoms with van der Waals surface area (Å²) in [7, 11) is 0. The van der Waals surface area contributed by atoms with Gasteiger partial charge < -0.3 is 9.64 Å². The summed E-state index contributed by atoms with van der Waals surface area (Å²) in [6, 6.07) is 21.9. The molecule has 0 N–H and O–H groups in total. The number of rotatable bonds is 4. The summed E-state index contributed by atoms with van der Waals surface area (Å²) in [6.07, 6.45) is 1.84. The molecular formula is C21H19N5O. The van der Waals surface area contributed by atoms with E-state index >= 15 is 0 Å².